The maximum Gasteiger partial charge on any atom is 0.317 e. The lowest BCUT2D eigenvalue weighted by Crippen LogP contribution is -2.47. The normalized spacial score (nSPS) is 12.4. The first kappa shape index (κ1) is 20.4. The van der Waals surface area contributed by atoms with E-state index < -0.39 is 12.1 Å². The molecule has 7 heteroatoms. The molecule has 0 radical (unpaired) electrons. The summed E-state index contributed by atoms with van der Waals surface area (Å²) in [5.74, 6) is -0.554. The van der Waals surface area contributed by atoms with Crippen molar-refractivity contribution >= 4 is 23.6 Å². The van der Waals surface area contributed by atoms with Gasteiger partial charge in [-0.25, -0.2) is 9.97 Å². The van der Waals surface area contributed by atoms with Gasteiger partial charge < -0.3 is 9.64 Å². The van der Waals surface area contributed by atoms with E-state index >= 15 is 0 Å². The number of aryl methyl sites for hydroxylation is 2. The van der Waals surface area contributed by atoms with Crippen LogP contribution in [0.25, 0.3) is 0 Å². The lowest BCUT2D eigenvalue weighted by Gasteiger charge is -2.32. The van der Waals surface area contributed by atoms with Gasteiger partial charge in [0.05, 0.1) is 5.75 Å². The van der Waals surface area contributed by atoms with Gasteiger partial charge in [0.1, 0.15) is 0 Å². The Morgan fingerprint density at radius 1 is 1.08 bits per heavy atom. The molecule has 1 atom stereocenters. The van der Waals surface area contributed by atoms with E-state index in [1.54, 1.807) is 11.8 Å². The van der Waals surface area contributed by atoms with Gasteiger partial charge >= 0.3 is 5.97 Å². The highest BCUT2D eigenvalue weighted by atomic mass is 32.2. The zero-order valence-electron chi connectivity index (χ0n) is 15.5. The fraction of sp³-hybridized carbons (Fsp3) is 0.647. The summed E-state index contributed by atoms with van der Waals surface area (Å²) in [4.78, 5) is 34.7. The fourth-order valence-electron chi connectivity index (χ4n) is 2.48. The summed E-state index contributed by atoms with van der Waals surface area (Å²) in [7, 11) is 0. The highest BCUT2D eigenvalue weighted by molar-refractivity contribution is 7.99. The second-order valence-electron chi connectivity index (χ2n) is 6.29. The monoisotopic (exact) mass is 353 g/mol. The molecule has 1 aromatic heterocycles. The quantitative estimate of drug-likeness (QED) is 0.426. The Hall–Kier alpha value is -1.63. The minimum absolute atomic E-state index is 0.0525. The van der Waals surface area contributed by atoms with Gasteiger partial charge in [-0.1, -0.05) is 11.8 Å². The second-order valence-corrected chi connectivity index (χ2v) is 7.23. The summed E-state index contributed by atoms with van der Waals surface area (Å²) in [5.41, 5.74) is 1.71. The van der Waals surface area contributed by atoms with Crippen LogP contribution in [0.15, 0.2) is 11.2 Å². The Balaban J connectivity index is 2.59. The highest BCUT2D eigenvalue weighted by Crippen LogP contribution is 2.15. The Bertz CT molecular complexity index is 562. The van der Waals surface area contributed by atoms with Gasteiger partial charge in [0.2, 0.25) is 0 Å². The molecule has 1 heterocycles. The molecule has 0 bridgehead atoms. The van der Waals surface area contributed by atoms with Crippen LogP contribution in [0.4, 0.5) is 0 Å². The third-order valence-electron chi connectivity index (χ3n) is 3.30. The number of esters is 1. The minimum atomic E-state index is -0.803. The number of aromatic nitrogens is 2. The molecule has 24 heavy (non-hydrogen) atoms. The summed E-state index contributed by atoms with van der Waals surface area (Å²) in [6.45, 7) is 13.1. The number of ether oxygens (including phenoxy) is 1. The number of amides is 1. The summed E-state index contributed by atoms with van der Waals surface area (Å²) < 4.78 is 5.27. The van der Waals surface area contributed by atoms with Gasteiger partial charge in [-0.05, 0) is 54.5 Å². The molecule has 0 aliphatic carbocycles. The van der Waals surface area contributed by atoms with Gasteiger partial charge in [-0.15, -0.1) is 0 Å². The van der Waals surface area contributed by atoms with E-state index in [9.17, 15) is 9.59 Å². The van der Waals surface area contributed by atoms with Crippen LogP contribution in [-0.4, -0.2) is 50.7 Å². The van der Waals surface area contributed by atoms with E-state index in [1.807, 2.05) is 47.6 Å². The van der Waals surface area contributed by atoms with Gasteiger partial charge in [0, 0.05) is 23.5 Å². The fourth-order valence-corrected chi connectivity index (χ4v) is 3.21. The molecule has 0 spiro atoms. The van der Waals surface area contributed by atoms with Gasteiger partial charge in [0.15, 0.2) is 11.3 Å². The first-order chi connectivity index (χ1) is 11.1. The lowest BCUT2D eigenvalue weighted by molar-refractivity contribution is -0.159. The van der Waals surface area contributed by atoms with Gasteiger partial charge in [-0.3, -0.25) is 9.59 Å². The molecule has 134 valence electrons. The molecule has 0 fully saturated rings. The number of thioether (sulfide) groups is 1. The smallest absolute Gasteiger partial charge is 0.317 e. The van der Waals surface area contributed by atoms with E-state index in [0.717, 1.165) is 11.4 Å². The first-order valence-electron chi connectivity index (χ1n) is 8.08. The molecule has 0 aliphatic heterocycles. The van der Waals surface area contributed by atoms with Crippen LogP contribution in [0.1, 0.15) is 46.0 Å². The number of rotatable bonds is 7. The van der Waals surface area contributed by atoms with Crippen LogP contribution >= 0.6 is 11.8 Å². The Morgan fingerprint density at radius 2 is 1.58 bits per heavy atom. The van der Waals surface area contributed by atoms with Crippen molar-refractivity contribution < 1.29 is 14.3 Å². The van der Waals surface area contributed by atoms with E-state index in [1.165, 1.54) is 11.8 Å². The molecular formula is C17H27N3O3S. The Labute approximate surface area is 148 Å². The van der Waals surface area contributed by atoms with Crippen LogP contribution in [0.5, 0.6) is 0 Å². The van der Waals surface area contributed by atoms with E-state index in [0.29, 0.717) is 5.16 Å². The highest BCUT2D eigenvalue weighted by Gasteiger charge is 2.27. The first-order valence-corrected chi connectivity index (χ1v) is 9.07. The van der Waals surface area contributed by atoms with E-state index in [4.69, 9.17) is 4.74 Å². The SMILES string of the molecule is Cc1cc(C)nc(SCC(=O)OC(C)C(=O)N(C(C)C)C(C)C)n1. The molecule has 0 saturated carbocycles. The third-order valence-corrected chi connectivity index (χ3v) is 4.12. The molecule has 0 aliphatic rings. The third kappa shape index (κ3) is 6.11. The summed E-state index contributed by atoms with van der Waals surface area (Å²) >= 11 is 1.21. The van der Waals surface area contributed by atoms with Crippen molar-refractivity contribution in [2.24, 2.45) is 0 Å². The molecule has 0 N–H and O–H groups in total. The minimum Gasteiger partial charge on any atom is -0.452 e. The van der Waals surface area contributed by atoms with Crippen LogP contribution in [0, 0.1) is 13.8 Å². The molecule has 0 saturated heterocycles. The zero-order chi connectivity index (χ0) is 18.4. The molecule has 0 aromatic carbocycles. The maximum atomic E-state index is 12.4. The molecular weight excluding hydrogens is 326 g/mol. The number of nitrogens with zero attached hydrogens (tertiary/aromatic N) is 3. The summed E-state index contributed by atoms with van der Waals surface area (Å²) in [6.07, 6.45) is -0.803. The molecule has 6 nitrogen and oxygen atoms in total. The lowest BCUT2D eigenvalue weighted by atomic mass is 10.2. The molecule has 1 rings (SSSR count). The zero-order valence-corrected chi connectivity index (χ0v) is 16.3. The number of hydrogen-bond acceptors (Lipinski definition) is 6. The van der Waals surface area contributed by atoms with E-state index in [2.05, 4.69) is 9.97 Å². The van der Waals surface area contributed by atoms with Crippen molar-refractivity contribution in [1.82, 2.24) is 14.9 Å². The predicted octanol–water partition coefficient (Wildman–Crippen LogP) is 2.76. The van der Waals surface area contributed by atoms with Crippen molar-refractivity contribution in [2.45, 2.75) is 71.8 Å². The second kappa shape index (κ2) is 9.01. The topological polar surface area (TPSA) is 72.4 Å². The molecule has 1 unspecified atom stereocenters. The van der Waals surface area contributed by atoms with Crippen LogP contribution < -0.4 is 0 Å². The maximum absolute atomic E-state index is 12.4. The average molecular weight is 353 g/mol. The number of carbonyl (C=O) groups is 2. The van der Waals surface area contributed by atoms with Crippen molar-refractivity contribution in [3.8, 4) is 0 Å². The van der Waals surface area contributed by atoms with E-state index in [-0.39, 0.29) is 23.7 Å². The average Bonchev–Trinajstić information content (AvgIpc) is 2.43. The summed E-state index contributed by atoms with van der Waals surface area (Å²) in [6, 6.07) is 1.98. The van der Waals surface area contributed by atoms with Crippen LogP contribution in [-0.2, 0) is 14.3 Å². The molecule has 1 amide bonds. The molecule has 1 aromatic rings. The number of carbonyl (C=O) groups excluding carboxylic acids is 2. The van der Waals surface area contributed by atoms with Crippen molar-refractivity contribution in [3.63, 3.8) is 0 Å². The van der Waals surface area contributed by atoms with Crippen molar-refractivity contribution in [3.05, 3.63) is 17.5 Å². The predicted molar refractivity (Wildman–Crippen MR) is 94.9 cm³/mol. The Morgan fingerprint density at radius 3 is 2.04 bits per heavy atom. The Kier molecular flexibility index (Phi) is 7.66. The standard InChI is InChI=1S/C17H27N3O3S/c1-10(2)20(11(3)4)16(22)14(7)23-15(21)9-24-17-18-12(5)8-13(6)19-17/h8,10-11,14H,9H2,1-7H3. The van der Waals surface area contributed by atoms with Crippen molar-refractivity contribution in [1.29, 1.82) is 0 Å². The van der Waals surface area contributed by atoms with Gasteiger partial charge in [-0.2, -0.15) is 0 Å². The largest absolute Gasteiger partial charge is 0.452 e. The van der Waals surface area contributed by atoms with Crippen LogP contribution in [0.2, 0.25) is 0 Å². The number of hydrogen-bond donors (Lipinski definition) is 0. The van der Waals surface area contributed by atoms with Crippen molar-refractivity contribution in [2.75, 3.05) is 5.75 Å². The van der Waals surface area contributed by atoms with Gasteiger partial charge in [0.25, 0.3) is 5.91 Å². The summed E-state index contributed by atoms with van der Waals surface area (Å²) in [5, 5.41) is 0.536. The van der Waals surface area contributed by atoms with Crippen LogP contribution in [0.3, 0.4) is 0 Å².